The van der Waals surface area contributed by atoms with Gasteiger partial charge in [0.2, 0.25) is 0 Å². The van der Waals surface area contributed by atoms with Crippen LogP contribution in [0.1, 0.15) is 26.3 Å². The number of carbonyl (C=O) groups is 3. The summed E-state index contributed by atoms with van der Waals surface area (Å²) < 4.78 is 9.89. The van der Waals surface area contributed by atoms with Crippen molar-refractivity contribution in [3.8, 4) is 0 Å². The van der Waals surface area contributed by atoms with E-state index in [1.54, 1.807) is 12.1 Å². The molecule has 1 unspecified atom stereocenters. The van der Waals surface area contributed by atoms with Crippen LogP contribution in [0.5, 0.6) is 0 Å². The molecular weight excluding hydrogens is 381 g/mol. The number of amides is 1. The van der Waals surface area contributed by atoms with E-state index in [-0.39, 0.29) is 17.7 Å². The van der Waals surface area contributed by atoms with Crippen LogP contribution in [-0.4, -0.2) is 31.1 Å². The van der Waals surface area contributed by atoms with Gasteiger partial charge in [-0.15, -0.1) is 0 Å². The lowest BCUT2D eigenvalue weighted by molar-refractivity contribution is -0.125. The van der Waals surface area contributed by atoms with Crippen LogP contribution in [0.4, 0.5) is 5.69 Å². The van der Waals surface area contributed by atoms with Crippen molar-refractivity contribution in [1.82, 2.24) is 0 Å². The number of halogens is 2. The molecule has 8 heteroatoms. The van der Waals surface area contributed by atoms with Gasteiger partial charge in [-0.05, 0) is 35.9 Å². The highest BCUT2D eigenvalue weighted by atomic mass is 35.5. The van der Waals surface area contributed by atoms with E-state index in [0.717, 1.165) is 0 Å². The molecule has 3 rings (SSSR count). The van der Waals surface area contributed by atoms with Crippen molar-refractivity contribution in [2.45, 2.75) is 12.5 Å². The lowest BCUT2D eigenvalue weighted by Crippen LogP contribution is -2.38. The molecule has 0 spiro atoms. The van der Waals surface area contributed by atoms with E-state index in [1.165, 1.54) is 31.4 Å². The number of hydrogen-bond acceptors (Lipinski definition) is 5. The Kier molecular flexibility index (Phi) is 5.15. The third-order valence-corrected chi connectivity index (χ3v) is 4.35. The molecule has 0 aliphatic carbocycles. The van der Waals surface area contributed by atoms with Gasteiger partial charge in [-0.2, -0.15) is 0 Å². The standard InChI is InChI=1S/C18H13Cl2NO5/c1-25-17(23)12-5-4-11(20)8-14(12)21-16(22)15-6-9-2-3-10(19)7-13(9)18(24)26-15/h2-5,7-8,15H,6H2,1H3,(H,21,22). The fraction of sp³-hybridized carbons (Fsp3) is 0.167. The van der Waals surface area contributed by atoms with Gasteiger partial charge in [0.25, 0.3) is 5.91 Å². The van der Waals surface area contributed by atoms with E-state index in [2.05, 4.69) is 10.1 Å². The molecule has 2 aromatic carbocycles. The minimum Gasteiger partial charge on any atom is -0.465 e. The summed E-state index contributed by atoms with van der Waals surface area (Å²) in [6.07, 6.45) is -0.848. The fourth-order valence-electron chi connectivity index (χ4n) is 2.62. The van der Waals surface area contributed by atoms with Gasteiger partial charge in [-0.1, -0.05) is 29.3 Å². The Morgan fingerprint density at radius 1 is 1.15 bits per heavy atom. The Morgan fingerprint density at radius 3 is 2.58 bits per heavy atom. The van der Waals surface area contributed by atoms with Crippen LogP contribution in [0.2, 0.25) is 10.0 Å². The maximum Gasteiger partial charge on any atom is 0.339 e. The normalized spacial score (nSPS) is 15.7. The van der Waals surface area contributed by atoms with Crippen LogP contribution in [0.15, 0.2) is 36.4 Å². The Morgan fingerprint density at radius 2 is 1.85 bits per heavy atom. The number of anilines is 1. The Bertz CT molecular complexity index is 912. The maximum absolute atomic E-state index is 12.6. The van der Waals surface area contributed by atoms with Gasteiger partial charge in [-0.3, -0.25) is 4.79 Å². The number of fused-ring (bicyclic) bond motifs is 1. The minimum absolute atomic E-state index is 0.138. The van der Waals surface area contributed by atoms with Crippen molar-refractivity contribution in [1.29, 1.82) is 0 Å². The third-order valence-electron chi connectivity index (χ3n) is 3.88. The molecule has 1 heterocycles. The molecule has 26 heavy (non-hydrogen) atoms. The minimum atomic E-state index is -1.04. The molecule has 134 valence electrons. The molecule has 6 nitrogen and oxygen atoms in total. The van der Waals surface area contributed by atoms with E-state index in [9.17, 15) is 14.4 Å². The van der Waals surface area contributed by atoms with Crippen LogP contribution in [-0.2, 0) is 20.7 Å². The molecule has 0 aromatic heterocycles. The first-order chi connectivity index (χ1) is 12.4. The third kappa shape index (κ3) is 3.66. The molecule has 0 saturated carbocycles. The number of benzene rings is 2. The molecule has 1 N–H and O–H groups in total. The lowest BCUT2D eigenvalue weighted by atomic mass is 9.98. The molecule has 1 aliphatic heterocycles. The number of rotatable bonds is 3. The maximum atomic E-state index is 12.6. The predicted molar refractivity (Wildman–Crippen MR) is 95.8 cm³/mol. The first-order valence-electron chi connectivity index (χ1n) is 7.57. The molecule has 1 aliphatic rings. The SMILES string of the molecule is COC(=O)c1ccc(Cl)cc1NC(=O)C1Cc2ccc(Cl)cc2C(=O)O1. The average molecular weight is 394 g/mol. The zero-order valence-corrected chi connectivity index (χ0v) is 15.1. The van der Waals surface area contributed by atoms with Crippen molar-refractivity contribution >= 4 is 46.7 Å². The van der Waals surface area contributed by atoms with Crippen LogP contribution in [0.3, 0.4) is 0 Å². The number of nitrogens with one attached hydrogen (secondary N) is 1. The number of esters is 2. The zero-order chi connectivity index (χ0) is 18.8. The van der Waals surface area contributed by atoms with E-state index in [1.807, 2.05) is 0 Å². The van der Waals surface area contributed by atoms with E-state index in [4.69, 9.17) is 27.9 Å². The highest BCUT2D eigenvalue weighted by molar-refractivity contribution is 6.31. The lowest BCUT2D eigenvalue weighted by Gasteiger charge is -2.24. The van der Waals surface area contributed by atoms with Crippen LogP contribution >= 0.6 is 23.2 Å². The Hall–Kier alpha value is -2.57. The fourth-order valence-corrected chi connectivity index (χ4v) is 2.96. The van der Waals surface area contributed by atoms with Crippen molar-refractivity contribution in [2.24, 2.45) is 0 Å². The second-order valence-electron chi connectivity index (χ2n) is 5.57. The summed E-state index contributed by atoms with van der Waals surface area (Å²) in [5.41, 5.74) is 1.30. The monoisotopic (exact) mass is 393 g/mol. The molecule has 2 aromatic rings. The van der Waals surface area contributed by atoms with Crippen molar-refractivity contribution in [3.63, 3.8) is 0 Å². The second kappa shape index (κ2) is 7.35. The zero-order valence-electron chi connectivity index (χ0n) is 13.5. The first-order valence-corrected chi connectivity index (χ1v) is 8.33. The topological polar surface area (TPSA) is 81.7 Å². The second-order valence-corrected chi connectivity index (χ2v) is 6.44. The van der Waals surface area contributed by atoms with Crippen LogP contribution in [0, 0.1) is 0 Å². The predicted octanol–water partition coefficient (Wildman–Crippen LogP) is 3.50. The van der Waals surface area contributed by atoms with Crippen LogP contribution in [0.25, 0.3) is 0 Å². The van der Waals surface area contributed by atoms with Gasteiger partial charge in [0, 0.05) is 16.5 Å². The number of ether oxygens (including phenoxy) is 2. The highest BCUT2D eigenvalue weighted by Crippen LogP contribution is 2.26. The number of methoxy groups -OCH3 is 1. The van der Waals surface area contributed by atoms with Gasteiger partial charge >= 0.3 is 11.9 Å². The summed E-state index contributed by atoms with van der Waals surface area (Å²) in [6.45, 7) is 0. The number of cyclic esters (lactones) is 1. The first kappa shape index (κ1) is 18.2. The highest BCUT2D eigenvalue weighted by Gasteiger charge is 2.32. The summed E-state index contributed by atoms with van der Waals surface area (Å²) in [6, 6.07) is 9.18. The van der Waals surface area contributed by atoms with E-state index >= 15 is 0 Å². The van der Waals surface area contributed by atoms with Gasteiger partial charge in [0.15, 0.2) is 6.10 Å². The van der Waals surface area contributed by atoms with Crippen molar-refractivity contribution in [3.05, 3.63) is 63.1 Å². The number of hydrogen-bond donors (Lipinski definition) is 1. The molecule has 0 saturated heterocycles. The van der Waals surface area contributed by atoms with Crippen molar-refractivity contribution < 1.29 is 23.9 Å². The summed E-state index contributed by atoms with van der Waals surface area (Å²) >= 11 is 11.8. The Balaban J connectivity index is 1.83. The molecule has 1 atom stereocenters. The summed E-state index contributed by atoms with van der Waals surface area (Å²) in [5.74, 6) is -1.84. The average Bonchev–Trinajstić information content (AvgIpc) is 2.61. The van der Waals surface area contributed by atoms with Gasteiger partial charge in [-0.25, -0.2) is 9.59 Å². The summed E-state index contributed by atoms with van der Waals surface area (Å²) in [5, 5.41) is 3.31. The molecule has 1 amide bonds. The molecular formula is C18H13Cl2NO5. The van der Waals surface area contributed by atoms with E-state index < -0.39 is 23.9 Å². The van der Waals surface area contributed by atoms with E-state index in [0.29, 0.717) is 21.2 Å². The molecule has 0 bridgehead atoms. The molecule has 0 fully saturated rings. The van der Waals surface area contributed by atoms with Gasteiger partial charge < -0.3 is 14.8 Å². The number of carbonyl (C=O) groups excluding carboxylic acids is 3. The molecule has 0 radical (unpaired) electrons. The van der Waals surface area contributed by atoms with Crippen molar-refractivity contribution in [2.75, 3.05) is 12.4 Å². The largest absolute Gasteiger partial charge is 0.465 e. The van der Waals surface area contributed by atoms with Crippen LogP contribution < -0.4 is 5.32 Å². The quantitative estimate of drug-likeness (QED) is 0.806. The Labute approximate surface area is 159 Å². The smallest absolute Gasteiger partial charge is 0.339 e. The summed E-state index contributed by atoms with van der Waals surface area (Å²) in [7, 11) is 1.23. The summed E-state index contributed by atoms with van der Waals surface area (Å²) in [4.78, 5) is 36.5. The van der Waals surface area contributed by atoms with Gasteiger partial charge in [0.05, 0.1) is 23.9 Å². The van der Waals surface area contributed by atoms with Gasteiger partial charge in [0.1, 0.15) is 0 Å².